The molecule has 19 heavy (non-hydrogen) atoms. The van der Waals surface area contributed by atoms with Gasteiger partial charge in [-0.05, 0) is 0 Å². The Morgan fingerprint density at radius 1 is 0.947 bits per heavy atom. The van der Waals surface area contributed by atoms with Gasteiger partial charge in [0.05, 0.1) is 35.9 Å². The minimum absolute atomic E-state index is 0. The van der Waals surface area contributed by atoms with E-state index in [4.69, 9.17) is 7.74 Å². The standard InChI is InChI=1S/CH4B2.CH2B2.CH3B2.2CH3.2Li.6Y.H/c2*1-2-3-1;1-3-2;;;;;;;;;;;/h2-3H,1H2;1H2;1H3;2*1H3;;;;;;;;;/q;;;3*-1;+1;;;;;;;-1. The summed E-state index contributed by atoms with van der Waals surface area (Å²) in [7, 11) is 13.5. The molecule has 0 aromatic rings. The number of hydrogen-bond acceptors (Lipinski definition) is 0. The van der Waals surface area contributed by atoms with Crippen LogP contribution in [-0.2, 0) is 196 Å². The third-order valence-corrected chi connectivity index (χ3v) is 0.589. The first kappa shape index (κ1) is 71.1. The van der Waals surface area contributed by atoms with Crippen LogP contribution in [-0.4, -0.2) is 62.4 Å². The van der Waals surface area contributed by atoms with Gasteiger partial charge in [0, 0.05) is 204 Å². The van der Waals surface area contributed by atoms with Crippen LogP contribution < -0.4 is 18.9 Å². The predicted octanol–water partition coefficient (Wildman–Crippen LogP) is -3.69. The zero-order chi connectivity index (χ0) is 6.95. The van der Waals surface area contributed by atoms with E-state index in [9.17, 15) is 0 Å². The maximum absolute atomic E-state index is 4.72. The van der Waals surface area contributed by atoms with Crippen LogP contribution in [0.1, 0.15) is 1.43 Å². The molecule has 2 saturated heterocycles. The molecule has 0 N–H and O–H groups in total. The third kappa shape index (κ3) is 147. The van der Waals surface area contributed by atoms with Gasteiger partial charge >= 0.3 is 18.9 Å². The van der Waals surface area contributed by atoms with Crippen molar-refractivity contribution in [1.82, 2.24) is 0 Å². The van der Waals surface area contributed by atoms with Gasteiger partial charge in [-0.1, -0.05) is 0 Å². The summed E-state index contributed by atoms with van der Waals surface area (Å²) in [6.45, 7) is 1.78. The van der Waals surface area contributed by atoms with Gasteiger partial charge in [-0.15, -0.1) is 19.3 Å². The summed E-state index contributed by atoms with van der Waals surface area (Å²) in [5, 5.41) is 0. The first-order valence-electron chi connectivity index (χ1n) is 3.56. The van der Waals surface area contributed by atoms with Crippen molar-refractivity contribution in [1.29, 1.82) is 0 Å². The first-order chi connectivity index (χ1) is 4.41. The molecular formula is C5H16B6Li2Y6-3. The Morgan fingerprint density at radius 2 is 1.05 bits per heavy atom. The summed E-state index contributed by atoms with van der Waals surface area (Å²) in [6, 6.07) is 0. The van der Waals surface area contributed by atoms with E-state index < -0.39 is 0 Å². The summed E-state index contributed by atoms with van der Waals surface area (Å²) in [5.41, 5.74) is 0. The van der Waals surface area contributed by atoms with Crippen LogP contribution in [0.25, 0.3) is 0 Å². The van der Waals surface area contributed by atoms with Gasteiger partial charge < -0.3 is 35.1 Å². The maximum atomic E-state index is 4.72. The van der Waals surface area contributed by atoms with Gasteiger partial charge in [-0.25, -0.2) is 0 Å². The molecule has 0 atom stereocenters. The van der Waals surface area contributed by atoms with Crippen molar-refractivity contribution in [3.8, 4) is 0 Å². The van der Waals surface area contributed by atoms with E-state index in [1.807, 2.05) is 0 Å². The van der Waals surface area contributed by atoms with Gasteiger partial charge in [-0.3, -0.25) is 0 Å². The molecule has 0 bridgehead atoms. The van der Waals surface area contributed by atoms with Crippen molar-refractivity contribution < 1.29 is 217 Å². The van der Waals surface area contributed by atoms with E-state index in [1.54, 1.807) is 6.82 Å². The Labute approximate surface area is 305 Å². The molecule has 0 aromatic heterocycles. The Balaban J connectivity index is -0.00000000376. The molecule has 0 nitrogen and oxygen atoms in total. The van der Waals surface area contributed by atoms with Gasteiger partial charge in [0.2, 0.25) is 0 Å². The maximum Gasteiger partial charge on any atom is 1.00 e. The van der Waals surface area contributed by atoms with Crippen molar-refractivity contribution in [2.75, 3.05) is 0 Å². The van der Waals surface area contributed by atoms with Crippen LogP contribution in [0.3, 0.4) is 0 Å². The molecule has 0 aliphatic carbocycles. The van der Waals surface area contributed by atoms with Crippen molar-refractivity contribution in [2.24, 2.45) is 0 Å². The first-order valence-corrected chi connectivity index (χ1v) is 3.56. The summed E-state index contributed by atoms with van der Waals surface area (Å²) in [4.78, 5) is 0. The summed E-state index contributed by atoms with van der Waals surface area (Å²) in [6.07, 6.45) is 2.75. The third-order valence-electron chi connectivity index (χ3n) is 0.589. The predicted molar refractivity (Wildman–Crippen MR) is 72.5 cm³/mol. The summed E-state index contributed by atoms with van der Waals surface area (Å²) < 4.78 is 0. The van der Waals surface area contributed by atoms with E-state index in [-0.39, 0.29) is 250 Å². The fourth-order valence-corrected chi connectivity index (χ4v) is 0. The average Bonchev–Trinajstić information content (AvgIpc) is 2.66. The molecule has 2 heterocycles. The molecule has 0 spiro atoms. The molecule has 2 fully saturated rings. The fourth-order valence-electron chi connectivity index (χ4n) is 0. The van der Waals surface area contributed by atoms with E-state index in [2.05, 4.69) is 14.3 Å². The van der Waals surface area contributed by atoms with Crippen LogP contribution in [0.15, 0.2) is 0 Å². The zero-order valence-corrected chi connectivity index (χ0v) is 30.6. The largest absolute Gasteiger partial charge is 1.00 e. The smallest absolute Gasteiger partial charge is 1.00 e. The Kier molecular flexibility index (Phi) is 270. The molecule has 0 saturated carbocycles. The fraction of sp³-hybridized carbons (Fsp3) is 0.600. The molecule has 14 heteroatoms. The van der Waals surface area contributed by atoms with Crippen LogP contribution in [0.4, 0.5) is 0 Å². The monoisotopic (exact) mass is 690 g/mol. The van der Waals surface area contributed by atoms with E-state index in [0.717, 1.165) is 0 Å². The van der Waals surface area contributed by atoms with Gasteiger partial charge in [0.25, 0.3) is 0 Å². The Hall–Kier alpha value is 8.21. The molecule has 77 valence electrons. The zero-order valence-electron chi connectivity index (χ0n) is 14.6. The normalized spacial score (nSPS) is 6.58. The second-order valence-electron chi connectivity index (χ2n) is 2.10. The topological polar surface area (TPSA) is 0 Å². The van der Waals surface area contributed by atoms with E-state index in [0.29, 0.717) is 0 Å². The minimum Gasteiger partial charge on any atom is -1.00 e. The van der Waals surface area contributed by atoms with Crippen molar-refractivity contribution in [3.05, 3.63) is 14.9 Å². The molecule has 0 unspecified atom stereocenters. The number of rotatable bonds is 0. The molecule has 2 aliphatic heterocycles. The molecular weight excluding hydrogens is 672 g/mol. The van der Waals surface area contributed by atoms with Crippen molar-refractivity contribution in [3.63, 3.8) is 0 Å². The molecule has 0 amide bonds. The minimum atomic E-state index is 0. The van der Waals surface area contributed by atoms with Crippen LogP contribution >= 0.6 is 0 Å². The number of hydrogen-bond donors (Lipinski definition) is 0. The van der Waals surface area contributed by atoms with Crippen molar-refractivity contribution >= 4 is 62.4 Å². The second-order valence-corrected chi connectivity index (χ2v) is 2.10. The van der Waals surface area contributed by atoms with E-state index in [1.165, 1.54) is 33.9 Å². The molecule has 0 aromatic carbocycles. The quantitative estimate of drug-likeness (QED) is 0.182. The van der Waals surface area contributed by atoms with E-state index >= 15 is 0 Å². The Bertz CT molecular complexity index is 65.6. The summed E-state index contributed by atoms with van der Waals surface area (Å²) >= 11 is 0. The Morgan fingerprint density at radius 3 is 1.05 bits per heavy atom. The summed E-state index contributed by atoms with van der Waals surface area (Å²) in [5.74, 6) is 0. The molecule has 2 aliphatic rings. The van der Waals surface area contributed by atoms with Crippen LogP contribution in [0, 0.1) is 14.9 Å². The van der Waals surface area contributed by atoms with Gasteiger partial charge in [0.15, 0.2) is 0 Å². The second kappa shape index (κ2) is 72.0. The van der Waals surface area contributed by atoms with Gasteiger partial charge in [-0.2, -0.15) is 0 Å². The van der Waals surface area contributed by atoms with Crippen LogP contribution in [0.5, 0.6) is 0 Å². The van der Waals surface area contributed by atoms with Crippen LogP contribution in [0.2, 0.25) is 19.3 Å². The average molecular weight is 688 g/mol. The molecule has 2 rings (SSSR count). The van der Waals surface area contributed by atoms with Gasteiger partial charge in [0.1, 0.15) is 0 Å². The SMILES string of the molecule is B1BC1.[B]1[B]C1.[B][B]C.[CH3-].[CH3-].[H-].[Li+].[Li-].[Y].[Y].[Y].[Y].[Y].[Y]. The molecule has 13 radical (unpaired) electrons. The van der Waals surface area contributed by atoms with Crippen molar-refractivity contribution in [2.45, 2.75) is 19.3 Å².